The first kappa shape index (κ1) is 20.6. The summed E-state index contributed by atoms with van der Waals surface area (Å²) in [5.74, 6) is -0.704. The van der Waals surface area contributed by atoms with Crippen molar-refractivity contribution in [3.63, 3.8) is 0 Å². The third kappa shape index (κ3) is 4.32. The van der Waals surface area contributed by atoms with Crippen molar-refractivity contribution in [2.45, 2.75) is 13.8 Å². The highest BCUT2D eigenvalue weighted by Gasteiger charge is 2.32. The van der Waals surface area contributed by atoms with Gasteiger partial charge in [0.1, 0.15) is 0 Å². The van der Waals surface area contributed by atoms with Crippen LogP contribution in [-0.2, 0) is 9.53 Å². The van der Waals surface area contributed by atoms with E-state index in [1.807, 2.05) is 0 Å². The standard InChI is InChI=1S/C22H19ClO6/c1-3-27-18-11-13(10-17(23)22(18)29-12-19(24)28-4-2)9-16-20(25)14-7-5-6-8-15(14)21(16)26/h5-11H,3-4,12H2,1-2H3. The molecule has 0 saturated heterocycles. The maximum absolute atomic E-state index is 12.6. The molecule has 2 aromatic rings. The first-order valence-electron chi connectivity index (χ1n) is 9.11. The van der Waals surface area contributed by atoms with Gasteiger partial charge in [0.2, 0.25) is 0 Å². The van der Waals surface area contributed by atoms with Gasteiger partial charge in [-0.1, -0.05) is 35.9 Å². The molecule has 0 fully saturated rings. The molecule has 0 amide bonds. The number of carbonyl (C=O) groups is 3. The zero-order valence-corrected chi connectivity index (χ0v) is 16.7. The number of rotatable bonds is 7. The minimum absolute atomic E-state index is 0.0601. The molecule has 2 aromatic carbocycles. The van der Waals surface area contributed by atoms with Crippen LogP contribution in [0.2, 0.25) is 5.02 Å². The molecule has 1 aliphatic rings. The molecule has 0 atom stereocenters. The lowest BCUT2D eigenvalue weighted by atomic mass is 10.1. The third-order valence-corrected chi connectivity index (χ3v) is 4.47. The maximum Gasteiger partial charge on any atom is 0.344 e. The van der Waals surface area contributed by atoms with E-state index in [9.17, 15) is 14.4 Å². The largest absolute Gasteiger partial charge is 0.490 e. The number of allylic oxidation sites excluding steroid dienone is 1. The van der Waals surface area contributed by atoms with E-state index in [1.165, 1.54) is 6.08 Å². The van der Waals surface area contributed by atoms with Gasteiger partial charge in [-0.3, -0.25) is 9.59 Å². The molecular weight excluding hydrogens is 396 g/mol. The van der Waals surface area contributed by atoms with Gasteiger partial charge >= 0.3 is 5.97 Å². The van der Waals surface area contributed by atoms with Gasteiger partial charge < -0.3 is 14.2 Å². The van der Waals surface area contributed by atoms with Crippen LogP contribution in [0.5, 0.6) is 11.5 Å². The minimum Gasteiger partial charge on any atom is -0.490 e. The minimum atomic E-state index is -0.530. The molecule has 0 radical (unpaired) electrons. The molecule has 0 unspecified atom stereocenters. The molecule has 0 bridgehead atoms. The van der Waals surface area contributed by atoms with Crippen molar-refractivity contribution in [2.75, 3.05) is 19.8 Å². The molecule has 0 heterocycles. The van der Waals surface area contributed by atoms with Gasteiger partial charge in [-0.15, -0.1) is 0 Å². The van der Waals surface area contributed by atoms with Crippen LogP contribution in [0.25, 0.3) is 6.08 Å². The van der Waals surface area contributed by atoms with Crippen LogP contribution in [0.4, 0.5) is 0 Å². The van der Waals surface area contributed by atoms with E-state index < -0.39 is 5.97 Å². The van der Waals surface area contributed by atoms with Crippen LogP contribution < -0.4 is 9.47 Å². The highest BCUT2D eigenvalue weighted by atomic mass is 35.5. The highest BCUT2D eigenvalue weighted by molar-refractivity contribution is 6.41. The van der Waals surface area contributed by atoms with E-state index in [-0.39, 0.29) is 41.1 Å². The predicted octanol–water partition coefficient (Wildman–Crippen LogP) is 4.14. The fourth-order valence-electron chi connectivity index (χ4n) is 2.98. The average Bonchev–Trinajstić information content (AvgIpc) is 2.93. The Bertz CT molecular complexity index is 971. The van der Waals surface area contributed by atoms with Crippen molar-refractivity contribution in [1.29, 1.82) is 0 Å². The van der Waals surface area contributed by atoms with Crippen LogP contribution in [0.15, 0.2) is 42.0 Å². The Morgan fingerprint density at radius 2 is 1.66 bits per heavy atom. The number of halogens is 1. The fraction of sp³-hybridized carbons (Fsp3) is 0.227. The molecule has 6 nitrogen and oxygen atoms in total. The Labute approximate surface area is 173 Å². The van der Waals surface area contributed by atoms with Crippen molar-refractivity contribution in [3.8, 4) is 11.5 Å². The van der Waals surface area contributed by atoms with Crippen molar-refractivity contribution in [2.24, 2.45) is 0 Å². The number of carbonyl (C=O) groups excluding carboxylic acids is 3. The number of hydrogen-bond donors (Lipinski definition) is 0. The second-order valence-electron chi connectivity index (χ2n) is 6.12. The second kappa shape index (κ2) is 8.92. The molecule has 150 valence electrons. The molecule has 0 N–H and O–H groups in total. The summed E-state index contributed by atoms with van der Waals surface area (Å²) >= 11 is 6.32. The van der Waals surface area contributed by atoms with Gasteiger partial charge in [-0.2, -0.15) is 0 Å². The zero-order chi connectivity index (χ0) is 21.0. The summed E-state index contributed by atoms with van der Waals surface area (Å²) in [5, 5.41) is 0.183. The number of hydrogen-bond acceptors (Lipinski definition) is 6. The van der Waals surface area contributed by atoms with Crippen molar-refractivity contribution in [3.05, 3.63) is 63.7 Å². The van der Waals surface area contributed by atoms with Gasteiger partial charge in [-0.05, 0) is 37.6 Å². The van der Waals surface area contributed by atoms with Crippen molar-refractivity contribution < 1.29 is 28.6 Å². The summed E-state index contributed by atoms with van der Waals surface area (Å²) in [6.07, 6.45) is 1.48. The SMILES string of the molecule is CCOC(=O)COc1c(Cl)cc(C=C2C(=O)c3ccccc3C2=O)cc1OCC. The quantitative estimate of drug-likeness (QED) is 0.385. The van der Waals surface area contributed by atoms with Crippen LogP contribution >= 0.6 is 11.6 Å². The lowest BCUT2D eigenvalue weighted by molar-refractivity contribution is -0.145. The predicted molar refractivity (Wildman–Crippen MR) is 108 cm³/mol. The molecule has 1 aliphatic carbocycles. The molecular formula is C22H19ClO6. The molecule has 29 heavy (non-hydrogen) atoms. The van der Waals surface area contributed by atoms with E-state index in [2.05, 4.69) is 0 Å². The normalized spacial score (nSPS) is 12.6. The van der Waals surface area contributed by atoms with E-state index in [4.69, 9.17) is 25.8 Å². The molecule has 0 saturated carbocycles. The van der Waals surface area contributed by atoms with Crippen molar-refractivity contribution >= 4 is 35.2 Å². The number of ether oxygens (including phenoxy) is 3. The molecule has 0 spiro atoms. The summed E-state index contributed by atoms with van der Waals surface area (Å²) in [7, 11) is 0. The van der Waals surface area contributed by atoms with Gasteiger partial charge in [0, 0.05) is 11.1 Å². The van der Waals surface area contributed by atoms with Crippen LogP contribution in [0, 0.1) is 0 Å². The first-order chi connectivity index (χ1) is 14.0. The topological polar surface area (TPSA) is 78.9 Å². The molecule has 0 aromatic heterocycles. The van der Waals surface area contributed by atoms with Gasteiger partial charge in [-0.25, -0.2) is 4.79 Å². The van der Waals surface area contributed by atoms with E-state index in [0.717, 1.165) is 0 Å². The molecule has 7 heteroatoms. The second-order valence-corrected chi connectivity index (χ2v) is 6.53. The number of Topliss-reactive ketones (excluding diaryl/α,β-unsaturated/α-hetero) is 2. The Morgan fingerprint density at radius 1 is 1.00 bits per heavy atom. The fourth-order valence-corrected chi connectivity index (χ4v) is 3.25. The summed E-state index contributed by atoms with van der Waals surface area (Å²) in [5.41, 5.74) is 1.33. The maximum atomic E-state index is 12.6. The number of fused-ring (bicyclic) bond motifs is 1. The van der Waals surface area contributed by atoms with E-state index in [1.54, 1.807) is 50.2 Å². The Kier molecular flexibility index (Phi) is 6.34. The molecule has 0 aliphatic heterocycles. The number of ketones is 2. The average molecular weight is 415 g/mol. The Hall–Kier alpha value is -3.12. The van der Waals surface area contributed by atoms with Gasteiger partial charge in [0.05, 0.1) is 23.8 Å². The lowest BCUT2D eigenvalue weighted by Gasteiger charge is -2.14. The smallest absolute Gasteiger partial charge is 0.344 e. The van der Waals surface area contributed by atoms with E-state index in [0.29, 0.717) is 29.0 Å². The Morgan fingerprint density at radius 3 is 2.24 bits per heavy atom. The zero-order valence-electron chi connectivity index (χ0n) is 16.0. The number of benzene rings is 2. The monoisotopic (exact) mass is 414 g/mol. The summed E-state index contributed by atoms with van der Waals surface area (Å²) in [4.78, 5) is 36.7. The lowest BCUT2D eigenvalue weighted by Crippen LogP contribution is -2.15. The van der Waals surface area contributed by atoms with Crippen LogP contribution in [0.3, 0.4) is 0 Å². The summed E-state index contributed by atoms with van der Waals surface area (Å²) < 4.78 is 15.9. The van der Waals surface area contributed by atoms with Gasteiger partial charge in [0.15, 0.2) is 29.7 Å². The molecule has 3 rings (SSSR count). The van der Waals surface area contributed by atoms with Crippen LogP contribution in [0.1, 0.15) is 40.1 Å². The van der Waals surface area contributed by atoms with E-state index >= 15 is 0 Å². The third-order valence-electron chi connectivity index (χ3n) is 4.19. The van der Waals surface area contributed by atoms with Gasteiger partial charge in [0.25, 0.3) is 0 Å². The summed E-state index contributed by atoms with van der Waals surface area (Å²) in [6, 6.07) is 9.83. The van der Waals surface area contributed by atoms with Crippen LogP contribution in [-0.4, -0.2) is 37.4 Å². The number of esters is 1. The highest BCUT2D eigenvalue weighted by Crippen LogP contribution is 2.38. The first-order valence-corrected chi connectivity index (χ1v) is 9.48. The van der Waals surface area contributed by atoms with Crippen molar-refractivity contribution in [1.82, 2.24) is 0 Å². The Balaban J connectivity index is 1.93. The summed E-state index contributed by atoms with van der Waals surface area (Å²) in [6.45, 7) is 3.73.